The molecule has 0 radical (unpaired) electrons. The van der Waals surface area contributed by atoms with Crippen LogP contribution in [0.15, 0.2) is 24.7 Å². The van der Waals surface area contributed by atoms with Gasteiger partial charge in [0.05, 0.1) is 5.56 Å². The molecule has 0 spiro atoms. The standard InChI is InChI=1S/C17H23N5O/c1-12(2)22-14-4-5-15(22)10-20(8-7-14)17(23)13-3-6-16-19-18-11-21(16)9-13/h3,6,9,11-12,14-15H,4-5,7-8,10H2,1-2H3. The van der Waals surface area contributed by atoms with Gasteiger partial charge >= 0.3 is 0 Å². The first-order chi connectivity index (χ1) is 11.1. The van der Waals surface area contributed by atoms with E-state index >= 15 is 0 Å². The molecule has 6 nitrogen and oxygen atoms in total. The van der Waals surface area contributed by atoms with Crippen molar-refractivity contribution in [3.63, 3.8) is 0 Å². The van der Waals surface area contributed by atoms with E-state index in [1.807, 2.05) is 23.2 Å². The van der Waals surface area contributed by atoms with Crippen LogP contribution in [0.25, 0.3) is 5.65 Å². The van der Waals surface area contributed by atoms with Crippen LogP contribution in [0.1, 0.15) is 43.5 Å². The first kappa shape index (κ1) is 14.6. The van der Waals surface area contributed by atoms with Gasteiger partial charge in [0.1, 0.15) is 6.33 Å². The highest BCUT2D eigenvalue weighted by molar-refractivity contribution is 5.94. The maximum atomic E-state index is 12.9. The molecular weight excluding hydrogens is 290 g/mol. The van der Waals surface area contributed by atoms with Crippen LogP contribution in [0.3, 0.4) is 0 Å². The second-order valence-corrected chi connectivity index (χ2v) is 6.98. The van der Waals surface area contributed by atoms with Crippen molar-refractivity contribution >= 4 is 11.6 Å². The maximum absolute atomic E-state index is 12.9. The average Bonchev–Trinajstić information content (AvgIpc) is 3.09. The molecule has 4 rings (SSSR count). The van der Waals surface area contributed by atoms with E-state index in [-0.39, 0.29) is 5.91 Å². The van der Waals surface area contributed by atoms with E-state index in [0.717, 1.165) is 25.2 Å². The van der Waals surface area contributed by atoms with Crippen molar-refractivity contribution in [2.75, 3.05) is 13.1 Å². The van der Waals surface area contributed by atoms with E-state index in [2.05, 4.69) is 28.9 Å². The quantitative estimate of drug-likeness (QED) is 0.848. The summed E-state index contributed by atoms with van der Waals surface area (Å²) >= 11 is 0. The van der Waals surface area contributed by atoms with Crippen LogP contribution in [0.4, 0.5) is 0 Å². The van der Waals surface area contributed by atoms with Gasteiger partial charge in [-0.1, -0.05) is 0 Å². The molecule has 2 bridgehead atoms. The molecule has 6 heteroatoms. The summed E-state index contributed by atoms with van der Waals surface area (Å²) < 4.78 is 1.80. The van der Waals surface area contributed by atoms with Crippen LogP contribution in [0, 0.1) is 0 Å². The largest absolute Gasteiger partial charge is 0.337 e. The van der Waals surface area contributed by atoms with Crippen LogP contribution >= 0.6 is 0 Å². The van der Waals surface area contributed by atoms with E-state index < -0.39 is 0 Å². The molecule has 1 amide bonds. The second-order valence-electron chi connectivity index (χ2n) is 6.98. The van der Waals surface area contributed by atoms with Crippen LogP contribution in [0.5, 0.6) is 0 Å². The lowest BCUT2D eigenvalue weighted by Gasteiger charge is -2.32. The van der Waals surface area contributed by atoms with Crippen LogP contribution < -0.4 is 0 Å². The highest BCUT2D eigenvalue weighted by Gasteiger charge is 2.39. The topological polar surface area (TPSA) is 53.7 Å². The Bertz CT molecular complexity index is 725. The number of aromatic nitrogens is 3. The van der Waals surface area contributed by atoms with Gasteiger partial charge < -0.3 is 4.90 Å². The Labute approximate surface area is 136 Å². The molecule has 2 saturated heterocycles. The number of carbonyl (C=O) groups is 1. The average molecular weight is 313 g/mol. The van der Waals surface area contributed by atoms with Gasteiger partial charge in [0, 0.05) is 37.4 Å². The predicted octanol–water partition coefficient (Wildman–Crippen LogP) is 1.82. The number of rotatable bonds is 2. The molecule has 2 aliphatic heterocycles. The van der Waals surface area contributed by atoms with Crippen molar-refractivity contribution in [3.05, 3.63) is 30.2 Å². The van der Waals surface area contributed by atoms with Gasteiger partial charge in [-0.05, 0) is 45.2 Å². The summed E-state index contributed by atoms with van der Waals surface area (Å²) in [5.74, 6) is 0.122. The fourth-order valence-corrected chi connectivity index (χ4v) is 4.27. The molecule has 0 aliphatic carbocycles. The van der Waals surface area contributed by atoms with Crippen molar-refractivity contribution < 1.29 is 4.79 Å². The summed E-state index contributed by atoms with van der Waals surface area (Å²) in [6.45, 7) is 6.22. The minimum Gasteiger partial charge on any atom is -0.337 e. The fraction of sp³-hybridized carbons (Fsp3) is 0.588. The number of likely N-dealkylation sites (tertiary alicyclic amines) is 1. The van der Waals surface area contributed by atoms with Gasteiger partial charge in [-0.2, -0.15) is 0 Å². The van der Waals surface area contributed by atoms with Gasteiger partial charge in [-0.15, -0.1) is 10.2 Å². The monoisotopic (exact) mass is 313 g/mol. The summed E-state index contributed by atoms with van der Waals surface area (Å²) in [6, 6.07) is 5.40. The number of hydrogen-bond donors (Lipinski definition) is 0. The summed E-state index contributed by atoms with van der Waals surface area (Å²) in [5.41, 5.74) is 1.48. The van der Waals surface area contributed by atoms with Crippen molar-refractivity contribution in [1.29, 1.82) is 0 Å². The summed E-state index contributed by atoms with van der Waals surface area (Å²) in [6.07, 6.45) is 7.03. The van der Waals surface area contributed by atoms with Gasteiger partial charge in [-0.25, -0.2) is 0 Å². The summed E-state index contributed by atoms with van der Waals surface area (Å²) in [4.78, 5) is 17.6. The highest BCUT2D eigenvalue weighted by atomic mass is 16.2. The van der Waals surface area contributed by atoms with E-state index in [0.29, 0.717) is 23.7 Å². The highest BCUT2D eigenvalue weighted by Crippen LogP contribution is 2.32. The lowest BCUT2D eigenvalue weighted by atomic mass is 10.1. The normalized spacial score (nSPS) is 25.3. The SMILES string of the molecule is CC(C)N1C2CCC1CN(C(=O)c1ccc3nncn3c1)CC2. The Morgan fingerprint density at radius 1 is 1.22 bits per heavy atom. The summed E-state index contributed by atoms with van der Waals surface area (Å²) in [7, 11) is 0. The van der Waals surface area contributed by atoms with Crippen molar-refractivity contribution in [2.45, 2.75) is 51.2 Å². The Balaban J connectivity index is 1.57. The molecule has 2 aromatic rings. The molecule has 2 aliphatic rings. The molecule has 0 N–H and O–H groups in total. The molecule has 122 valence electrons. The number of carbonyl (C=O) groups excluding carboxylic acids is 1. The number of fused-ring (bicyclic) bond motifs is 3. The van der Waals surface area contributed by atoms with Crippen molar-refractivity contribution in [2.24, 2.45) is 0 Å². The molecule has 2 aromatic heterocycles. The Morgan fingerprint density at radius 2 is 2.04 bits per heavy atom. The Hall–Kier alpha value is -1.95. The molecule has 2 unspecified atom stereocenters. The minimum absolute atomic E-state index is 0.122. The van der Waals surface area contributed by atoms with Gasteiger partial charge in [0.2, 0.25) is 0 Å². The third-order valence-electron chi connectivity index (χ3n) is 5.26. The van der Waals surface area contributed by atoms with E-state index in [1.54, 1.807) is 10.7 Å². The second kappa shape index (κ2) is 5.60. The van der Waals surface area contributed by atoms with Crippen LogP contribution in [-0.4, -0.2) is 61.5 Å². The minimum atomic E-state index is 0.122. The number of pyridine rings is 1. The zero-order valence-electron chi connectivity index (χ0n) is 13.7. The van der Waals surface area contributed by atoms with E-state index in [1.165, 1.54) is 12.8 Å². The lowest BCUT2D eigenvalue weighted by molar-refractivity contribution is 0.0728. The zero-order chi connectivity index (χ0) is 16.0. The van der Waals surface area contributed by atoms with Crippen molar-refractivity contribution in [1.82, 2.24) is 24.4 Å². The van der Waals surface area contributed by atoms with E-state index in [9.17, 15) is 4.79 Å². The zero-order valence-corrected chi connectivity index (χ0v) is 13.7. The molecule has 0 saturated carbocycles. The maximum Gasteiger partial charge on any atom is 0.255 e. The van der Waals surface area contributed by atoms with E-state index in [4.69, 9.17) is 0 Å². The Morgan fingerprint density at radius 3 is 2.87 bits per heavy atom. The summed E-state index contributed by atoms with van der Waals surface area (Å²) in [5, 5.41) is 7.86. The number of amides is 1. The van der Waals surface area contributed by atoms with Gasteiger partial charge in [0.15, 0.2) is 5.65 Å². The molecular formula is C17H23N5O. The molecule has 23 heavy (non-hydrogen) atoms. The number of nitrogens with zero attached hydrogens (tertiary/aromatic N) is 5. The molecule has 4 heterocycles. The predicted molar refractivity (Wildman–Crippen MR) is 87.3 cm³/mol. The van der Waals surface area contributed by atoms with Crippen LogP contribution in [-0.2, 0) is 0 Å². The molecule has 2 fully saturated rings. The first-order valence-corrected chi connectivity index (χ1v) is 8.49. The smallest absolute Gasteiger partial charge is 0.255 e. The molecule has 0 aromatic carbocycles. The van der Waals surface area contributed by atoms with Crippen molar-refractivity contribution in [3.8, 4) is 0 Å². The molecule has 2 atom stereocenters. The van der Waals surface area contributed by atoms with Gasteiger partial charge in [-0.3, -0.25) is 14.1 Å². The third-order valence-corrected chi connectivity index (χ3v) is 5.26. The first-order valence-electron chi connectivity index (χ1n) is 8.49. The Kier molecular flexibility index (Phi) is 3.56. The fourth-order valence-electron chi connectivity index (χ4n) is 4.27. The lowest BCUT2D eigenvalue weighted by Crippen LogP contribution is -2.44. The van der Waals surface area contributed by atoms with Crippen LogP contribution in [0.2, 0.25) is 0 Å². The van der Waals surface area contributed by atoms with Gasteiger partial charge in [0.25, 0.3) is 5.91 Å². The third kappa shape index (κ3) is 2.51. The number of hydrogen-bond acceptors (Lipinski definition) is 4.